The second-order valence-corrected chi connectivity index (χ2v) is 6.06. The average molecular weight is 326 g/mol. The van der Waals surface area contributed by atoms with Gasteiger partial charge in [0, 0.05) is 18.8 Å². The van der Waals surface area contributed by atoms with Gasteiger partial charge in [0.2, 0.25) is 0 Å². The molecule has 3 aromatic heterocycles. The normalized spacial score (nSPS) is 18.9. The van der Waals surface area contributed by atoms with E-state index in [1.54, 1.807) is 12.3 Å². The zero-order valence-electron chi connectivity index (χ0n) is 13.1. The largest absolute Gasteiger partial charge is 0.340 e. The molecule has 1 saturated heterocycles. The van der Waals surface area contributed by atoms with Crippen LogP contribution in [-0.4, -0.2) is 36.0 Å². The molecule has 24 heavy (non-hydrogen) atoms. The molecule has 0 radical (unpaired) electrons. The zero-order chi connectivity index (χ0) is 16.5. The highest BCUT2D eigenvalue weighted by atomic mass is 16.1. The lowest BCUT2D eigenvalue weighted by molar-refractivity contribution is 0.132. The number of nitrogens with one attached hydrogen (secondary N) is 2. The fraction of sp³-hybridized carbons (Fsp3) is 0.375. The number of nitrogens with zero attached hydrogens (tertiary/aromatic N) is 4. The van der Waals surface area contributed by atoms with Crippen LogP contribution in [0.3, 0.4) is 0 Å². The summed E-state index contributed by atoms with van der Waals surface area (Å²) in [7, 11) is 0. The molecule has 0 aliphatic carbocycles. The van der Waals surface area contributed by atoms with Crippen molar-refractivity contribution in [3.05, 3.63) is 62.8 Å². The van der Waals surface area contributed by atoms with Gasteiger partial charge < -0.3 is 0 Å². The van der Waals surface area contributed by atoms with Gasteiger partial charge in [-0.1, -0.05) is 12.5 Å². The number of hydrogen-bond donors (Lipinski definition) is 2. The first-order valence-corrected chi connectivity index (χ1v) is 8.07. The molecule has 124 valence electrons. The first kappa shape index (κ1) is 14.8. The molecule has 0 amide bonds. The van der Waals surface area contributed by atoms with Crippen LogP contribution in [0.1, 0.15) is 36.8 Å². The predicted octanol–water partition coefficient (Wildman–Crippen LogP) is 0.833. The lowest BCUT2D eigenvalue weighted by atomic mass is 10.0. The van der Waals surface area contributed by atoms with E-state index in [-0.39, 0.29) is 17.3 Å². The summed E-state index contributed by atoms with van der Waals surface area (Å²) in [5.41, 5.74) is 0.993. The molecule has 4 heterocycles. The molecular formula is C16H18N6O2. The standard InChI is InChI=1S/C16H18N6O2/c23-14-9-11(17-13-6-2-4-8-22(13)14)10-21-7-3-1-5-12(21)15-18-16(24)20-19-15/h2,4,6,8-9,12H,1,3,5,7,10H2,(H2,18,19,20,24)/t12-/m1/s1. The minimum Gasteiger partial charge on any atom is -0.292 e. The monoisotopic (exact) mass is 326 g/mol. The van der Waals surface area contributed by atoms with Gasteiger partial charge in [-0.2, -0.15) is 5.10 Å². The number of likely N-dealkylation sites (tertiary alicyclic amines) is 1. The van der Waals surface area contributed by atoms with E-state index >= 15 is 0 Å². The number of pyridine rings is 1. The fourth-order valence-corrected chi connectivity index (χ4v) is 3.32. The smallest absolute Gasteiger partial charge is 0.292 e. The van der Waals surface area contributed by atoms with E-state index in [0.717, 1.165) is 31.5 Å². The Kier molecular flexibility index (Phi) is 3.73. The van der Waals surface area contributed by atoms with Crippen LogP contribution in [0.5, 0.6) is 0 Å². The summed E-state index contributed by atoms with van der Waals surface area (Å²) in [6.45, 7) is 1.44. The molecular weight excluding hydrogens is 308 g/mol. The van der Waals surface area contributed by atoms with Crippen molar-refractivity contribution in [2.24, 2.45) is 0 Å². The van der Waals surface area contributed by atoms with Gasteiger partial charge in [-0.25, -0.2) is 14.9 Å². The molecule has 0 unspecified atom stereocenters. The Morgan fingerprint density at radius 3 is 3.00 bits per heavy atom. The second-order valence-electron chi connectivity index (χ2n) is 6.06. The number of aromatic nitrogens is 5. The van der Waals surface area contributed by atoms with Crippen molar-refractivity contribution >= 4 is 5.65 Å². The SMILES string of the molecule is O=c1[nH]nc([C@H]2CCCCN2Cc2cc(=O)n3ccccc3n2)[nH]1. The van der Waals surface area contributed by atoms with Crippen molar-refractivity contribution in [1.82, 2.24) is 29.5 Å². The molecule has 1 aliphatic heterocycles. The number of piperidine rings is 1. The van der Waals surface area contributed by atoms with Crippen LogP contribution in [0.4, 0.5) is 0 Å². The van der Waals surface area contributed by atoms with Gasteiger partial charge in [-0.05, 0) is 31.5 Å². The molecule has 8 nitrogen and oxygen atoms in total. The molecule has 8 heteroatoms. The Balaban J connectivity index is 1.65. The number of rotatable bonds is 3. The van der Waals surface area contributed by atoms with E-state index in [1.165, 1.54) is 4.40 Å². The van der Waals surface area contributed by atoms with Gasteiger partial charge in [0.05, 0.1) is 11.7 Å². The lowest BCUT2D eigenvalue weighted by Gasteiger charge is -2.33. The minimum absolute atomic E-state index is 0.0359. The van der Waals surface area contributed by atoms with E-state index in [9.17, 15) is 9.59 Å². The van der Waals surface area contributed by atoms with Gasteiger partial charge in [-0.15, -0.1) is 0 Å². The van der Waals surface area contributed by atoms with Gasteiger partial charge in [0.1, 0.15) is 11.5 Å². The van der Waals surface area contributed by atoms with E-state index in [2.05, 4.69) is 25.1 Å². The number of aromatic amines is 2. The van der Waals surface area contributed by atoms with Crippen molar-refractivity contribution < 1.29 is 0 Å². The molecule has 0 bridgehead atoms. The van der Waals surface area contributed by atoms with Gasteiger partial charge in [0.15, 0.2) is 0 Å². The summed E-state index contributed by atoms with van der Waals surface area (Å²) in [6, 6.07) is 7.11. The molecule has 0 spiro atoms. The molecule has 4 rings (SSSR count). The molecule has 2 N–H and O–H groups in total. The molecule has 1 aliphatic rings. The summed E-state index contributed by atoms with van der Waals surface area (Å²) >= 11 is 0. The maximum Gasteiger partial charge on any atom is 0.340 e. The summed E-state index contributed by atoms with van der Waals surface area (Å²) in [5, 5.41) is 6.50. The van der Waals surface area contributed by atoms with Gasteiger partial charge in [0.25, 0.3) is 5.56 Å². The lowest BCUT2D eigenvalue weighted by Crippen LogP contribution is -2.34. The number of fused-ring (bicyclic) bond motifs is 1. The summed E-state index contributed by atoms with van der Waals surface area (Å²) in [6.07, 6.45) is 4.81. The van der Waals surface area contributed by atoms with Crippen molar-refractivity contribution in [1.29, 1.82) is 0 Å². The third-order valence-corrected chi connectivity index (χ3v) is 4.44. The maximum absolute atomic E-state index is 12.2. The van der Waals surface area contributed by atoms with Crippen molar-refractivity contribution in [2.45, 2.75) is 31.8 Å². The highest BCUT2D eigenvalue weighted by Crippen LogP contribution is 2.29. The van der Waals surface area contributed by atoms with E-state index in [1.807, 2.05) is 18.2 Å². The third kappa shape index (κ3) is 2.76. The number of hydrogen-bond acceptors (Lipinski definition) is 5. The predicted molar refractivity (Wildman–Crippen MR) is 87.7 cm³/mol. The Morgan fingerprint density at radius 2 is 2.17 bits per heavy atom. The average Bonchev–Trinajstić information content (AvgIpc) is 3.02. The highest BCUT2D eigenvalue weighted by molar-refractivity contribution is 5.38. The molecule has 1 fully saturated rings. The molecule has 3 aromatic rings. The first-order valence-electron chi connectivity index (χ1n) is 8.07. The van der Waals surface area contributed by atoms with Gasteiger partial charge in [-0.3, -0.25) is 19.1 Å². The van der Waals surface area contributed by atoms with Crippen molar-refractivity contribution in [2.75, 3.05) is 6.54 Å². The Hall–Kier alpha value is -2.74. The van der Waals surface area contributed by atoms with Crippen LogP contribution in [-0.2, 0) is 6.54 Å². The fourth-order valence-electron chi connectivity index (χ4n) is 3.32. The quantitative estimate of drug-likeness (QED) is 0.743. The van der Waals surface area contributed by atoms with Crippen LogP contribution in [0.15, 0.2) is 40.1 Å². The Bertz CT molecular complexity index is 972. The Labute approximate surface area is 137 Å². The first-order chi connectivity index (χ1) is 11.7. The van der Waals surface area contributed by atoms with Crippen LogP contribution in [0, 0.1) is 0 Å². The van der Waals surface area contributed by atoms with Crippen LogP contribution in [0.2, 0.25) is 0 Å². The third-order valence-electron chi connectivity index (χ3n) is 4.44. The van der Waals surface area contributed by atoms with Crippen molar-refractivity contribution in [3.8, 4) is 0 Å². The van der Waals surface area contributed by atoms with E-state index in [0.29, 0.717) is 18.0 Å². The molecule has 0 saturated carbocycles. The second kappa shape index (κ2) is 6.04. The van der Waals surface area contributed by atoms with E-state index < -0.39 is 0 Å². The van der Waals surface area contributed by atoms with Gasteiger partial charge >= 0.3 is 5.69 Å². The number of H-pyrrole nitrogens is 2. The maximum atomic E-state index is 12.2. The summed E-state index contributed by atoms with van der Waals surface area (Å²) in [4.78, 5) is 33.1. The summed E-state index contributed by atoms with van der Waals surface area (Å²) in [5.74, 6) is 0.650. The van der Waals surface area contributed by atoms with E-state index in [4.69, 9.17) is 0 Å². The van der Waals surface area contributed by atoms with Crippen LogP contribution in [0.25, 0.3) is 5.65 Å². The molecule has 0 aromatic carbocycles. The minimum atomic E-state index is -0.294. The molecule has 1 atom stereocenters. The van der Waals surface area contributed by atoms with Crippen molar-refractivity contribution in [3.63, 3.8) is 0 Å². The highest BCUT2D eigenvalue weighted by Gasteiger charge is 2.27. The van der Waals surface area contributed by atoms with Crippen LogP contribution < -0.4 is 11.2 Å². The zero-order valence-corrected chi connectivity index (χ0v) is 13.1. The summed E-state index contributed by atoms with van der Waals surface area (Å²) < 4.78 is 1.53. The van der Waals surface area contributed by atoms with Crippen LogP contribution >= 0.6 is 0 Å². The Morgan fingerprint density at radius 1 is 1.25 bits per heavy atom. The topological polar surface area (TPSA) is 99.2 Å².